The van der Waals surface area contributed by atoms with Crippen LogP contribution >= 0.6 is 0 Å². The van der Waals surface area contributed by atoms with Gasteiger partial charge in [0.25, 0.3) is 0 Å². The van der Waals surface area contributed by atoms with Crippen molar-refractivity contribution in [3.05, 3.63) is 35.0 Å². The van der Waals surface area contributed by atoms with Gasteiger partial charge in [0.15, 0.2) is 0 Å². The number of aryl methyl sites for hydroxylation is 3. The van der Waals surface area contributed by atoms with Crippen LogP contribution < -0.4 is 4.90 Å². The van der Waals surface area contributed by atoms with Crippen LogP contribution in [0.3, 0.4) is 0 Å². The highest BCUT2D eigenvalue weighted by atomic mass is 16.5. The summed E-state index contributed by atoms with van der Waals surface area (Å²) in [6.07, 6.45) is 5.25. The summed E-state index contributed by atoms with van der Waals surface area (Å²) in [7, 11) is 0. The van der Waals surface area contributed by atoms with Gasteiger partial charge in [0.05, 0.1) is 24.9 Å². The van der Waals surface area contributed by atoms with Crippen molar-refractivity contribution >= 4 is 5.82 Å². The third-order valence-corrected chi connectivity index (χ3v) is 4.77. The van der Waals surface area contributed by atoms with Crippen LogP contribution in [0, 0.1) is 13.8 Å². The van der Waals surface area contributed by atoms with Gasteiger partial charge in [-0.05, 0) is 39.2 Å². The van der Waals surface area contributed by atoms with Gasteiger partial charge in [-0.15, -0.1) is 0 Å². The molecule has 1 aliphatic heterocycles. The predicted octanol–water partition coefficient (Wildman–Crippen LogP) is 1.68. The fourth-order valence-electron chi connectivity index (χ4n) is 3.69. The minimum Gasteiger partial charge on any atom is -0.373 e. The monoisotopic (exact) mass is 313 g/mol. The van der Waals surface area contributed by atoms with Gasteiger partial charge in [0.1, 0.15) is 12.1 Å². The number of nitrogens with zero attached hydrogens (tertiary/aromatic N) is 5. The molecular weight excluding hydrogens is 290 g/mol. The quantitative estimate of drug-likeness (QED) is 0.863. The molecule has 2 aromatic rings. The third kappa shape index (κ3) is 2.83. The molecule has 6 nitrogen and oxygen atoms in total. The molecule has 1 atom stereocenters. The number of aromatic nitrogens is 4. The summed E-state index contributed by atoms with van der Waals surface area (Å²) in [5.74, 6) is 1.12. The minimum atomic E-state index is 0.147. The normalized spacial score (nSPS) is 20.8. The van der Waals surface area contributed by atoms with Gasteiger partial charge >= 0.3 is 0 Å². The number of morpholine rings is 1. The summed E-state index contributed by atoms with van der Waals surface area (Å²) in [4.78, 5) is 11.4. The Kier molecular flexibility index (Phi) is 3.77. The predicted molar refractivity (Wildman–Crippen MR) is 87.7 cm³/mol. The molecule has 1 fully saturated rings. The lowest BCUT2D eigenvalue weighted by Crippen LogP contribution is -2.45. The molecule has 1 aliphatic carbocycles. The van der Waals surface area contributed by atoms with Crippen molar-refractivity contribution in [1.82, 2.24) is 19.7 Å². The van der Waals surface area contributed by atoms with E-state index in [1.807, 2.05) is 11.6 Å². The Labute approximate surface area is 136 Å². The summed E-state index contributed by atoms with van der Waals surface area (Å²) in [5.41, 5.74) is 4.82. The zero-order chi connectivity index (χ0) is 15.8. The van der Waals surface area contributed by atoms with E-state index in [-0.39, 0.29) is 6.10 Å². The first-order chi connectivity index (χ1) is 11.2. The van der Waals surface area contributed by atoms with Crippen LogP contribution in [-0.2, 0) is 24.1 Å². The maximum absolute atomic E-state index is 5.97. The summed E-state index contributed by atoms with van der Waals surface area (Å²) in [6.45, 7) is 7.42. The smallest absolute Gasteiger partial charge is 0.135 e. The highest BCUT2D eigenvalue weighted by Gasteiger charge is 2.26. The van der Waals surface area contributed by atoms with Gasteiger partial charge < -0.3 is 9.64 Å². The molecule has 0 saturated carbocycles. The SMILES string of the molecule is Cc1cc(C)n(C[C@H]2CN(c3ncnc4c3CCC4)CCO2)n1. The molecule has 0 spiro atoms. The van der Waals surface area contributed by atoms with E-state index < -0.39 is 0 Å². The largest absolute Gasteiger partial charge is 0.373 e. The van der Waals surface area contributed by atoms with Gasteiger partial charge in [-0.1, -0.05) is 0 Å². The summed E-state index contributed by atoms with van der Waals surface area (Å²) in [5, 5.41) is 4.55. The molecule has 3 heterocycles. The first kappa shape index (κ1) is 14.6. The molecule has 0 N–H and O–H groups in total. The Balaban J connectivity index is 1.51. The third-order valence-electron chi connectivity index (χ3n) is 4.77. The van der Waals surface area contributed by atoms with Crippen LogP contribution in [0.25, 0.3) is 0 Å². The second-order valence-corrected chi connectivity index (χ2v) is 6.52. The van der Waals surface area contributed by atoms with Crippen LogP contribution in [0.1, 0.15) is 29.1 Å². The summed E-state index contributed by atoms with van der Waals surface area (Å²) >= 11 is 0. The van der Waals surface area contributed by atoms with E-state index in [1.165, 1.54) is 23.4 Å². The Bertz CT molecular complexity index is 711. The van der Waals surface area contributed by atoms with Crippen molar-refractivity contribution in [3.63, 3.8) is 0 Å². The fraction of sp³-hybridized carbons (Fsp3) is 0.588. The van der Waals surface area contributed by atoms with E-state index in [1.54, 1.807) is 6.33 Å². The zero-order valence-corrected chi connectivity index (χ0v) is 13.8. The van der Waals surface area contributed by atoms with Crippen molar-refractivity contribution in [2.75, 3.05) is 24.6 Å². The average molecular weight is 313 g/mol. The van der Waals surface area contributed by atoms with Gasteiger partial charge in [-0.2, -0.15) is 5.10 Å². The number of anilines is 1. The van der Waals surface area contributed by atoms with Gasteiger partial charge in [0, 0.05) is 30.0 Å². The van der Waals surface area contributed by atoms with Crippen LogP contribution in [0.5, 0.6) is 0 Å². The Morgan fingerprint density at radius 1 is 1.26 bits per heavy atom. The van der Waals surface area contributed by atoms with E-state index >= 15 is 0 Å². The topological polar surface area (TPSA) is 56.1 Å². The van der Waals surface area contributed by atoms with Crippen LogP contribution in [0.15, 0.2) is 12.4 Å². The molecule has 0 amide bonds. The molecule has 122 valence electrons. The first-order valence-electron chi connectivity index (χ1n) is 8.41. The molecule has 0 radical (unpaired) electrons. The average Bonchev–Trinajstić information content (AvgIpc) is 3.14. The molecule has 23 heavy (non-hydrogen) atoms. The lowest BCUT2D eigenvalue weighted by atomic mass is 10.2. The maximum atomic E-state index is 5.97. The number of rotatable bonds is 3. The summed E-state index contributed by atoms with van der Waals surface area (Å²) < 4.78 is 8.02. The number of fused-ring (bicyclic) bond motifs is 1. The van der Waals surface area contributed by atoms with Crippen molar-refractivity contribution in [3.8, 4) is 0 Å². The van der Waals surface area contributed by atoms with E-state index in [2.05, 4.69) is 33.0 Å². The van der Waals surface area contributed by atoms with Crippen molar-refractivity contribution in [2.45, 2.75) is 45.8 Å². The molecule has 6 heteroatoms. The van der Waals surface area contributed by atoms with Gasteiger partial charge in [0.2, 0.25) is 0 Å². The number of ether oxygens (including phenoxy) is 1. The number of hydrogen-bond acceptors (Lipinski definition) is 5. The molecule has 4 rings (SSSR count). The van der Waals surface area contributed by atoms with Gasteiger partial charge in [-0.3, -0.25) is 4.68 Å². The lowest BCUT2D eigenvalue weighted by molar-refractivity contribution is 0.0267. The maximum Gasteiger partial charge on any atom is 0.135 e. The molecule has 0 aromatic carbocycles. The molecule has 2 aliphatic rings. The Morgan fingerprint density at radius 3 is 3.00 bits per heavy atom. The van der Waals surface area contributed by atoms with E-state index in [0.717, 1.165) is 50.6 Å². The molecule has 0 unspecified atom stereocenters. The van der Waals surface area contributed by atoms with E-state index in [9.17, 15) is 0 Å². The van der Waals surface area contributed by atoms with Gasteiger partial charge in [-0.25, -0.2) is 9.97 Å². The van der Waals surface area contributed by atoms with Crippen molar-refractivity contribution in [1.29, 1.82) is 0 Å². The second kappa shape index (κ2) is 5.92. The van der Waals surface area contributed by atoms with Crippen molar-refractivity contribution in [2.24, 2.45) is 0 Å². The molecule has 2 aromatic heterocycles. The van der Waals surface area contributed by atoms with E-state index in [0.29, 0.717) is 0 Å². The zero-order valence-electron chi connectivity index (χ0n) is 13.8. The van der Waals surface area contributed by atoms with Crippen molar-refractivity contribution < 1.29 is 4.74 Å². The summed E-state index contributed by atoms with van der Waals surface area (Å²) in [6, 6.07) is 2.11. The molecule has 1 saturated heterocycles. The number of hydrogen-bond donors (Lipinski definition) is 0. The highest BCUT2D eigenvalue weighted by Crippen LogP contribution is 2.29. The Morgan fingerprint density at radius 2 is 2.17 bits per heavy atom. The Hall–Kier alpha value is -1.95. The van der Waals surface area contributed by atoms with Crippen LogP contribution in [0.2, 0.25) is 0 Å². The highest BCUT2D eigenvalue weighted by molar-refractivity contribution is 5.50. The first-order valence-corrected chi connectivity index (χ1v) is 8.41. The second-order valence-electron chi connectivity index (χ2n) is 6.52. The standard InChI is InChI=1S/C17H23N5O/c1-12-8-13(2)22(20-12)10-14-9-21(6-7-23-14)17-15-4-3-5-16(15)18-11-19-17/h8,11,14H,3-7,9-10H2,1-2H3/t14-/m1/s1. The van der Waals surface area contributed by atoms with Crippen LogP contribution in [0.4, 0.5) is 5.82 Å². The van der Waals surface area contributed by atoms with E-state index in [4.69, 9.17) is 4.74 Å². The molecular formula is C17H23N5O. The molecule has 0 bridgehead atoms. The minimum absolute atomic E-state index is 0.147. The lowest BCUT2D eigenvalue weighted by Gasteiger charge is -2.34. The fourth-order valence-corrected chi connectivity index (χ4v) is 3.69. The van der Waals surface area contributed by atoms with Crippen LogP contribution in [-0.4, -0.2) is 45.5 Å².